The Morgan fingerprint density at radius 2 is 1.04 bits per heavy atom. The molecule has 0 saturated heterocycles. The topological polar surface area (TPSA) is 88.5 Å². The third kappa shape index (κ3) is 14.0. The Morgan fingerprint density at radius 1 is 0.629 bits per heavy atom. The number of hydrogen-bond donors (Lipinski definition) is 1. The van der Waals surface area contributed by atoms with Gasteiger partial charge in [-0.1, -0.05) is 68.1 Å². The lowest BCUT2D eigenvalue weighted by molar-refractivity contribution is -0.134. The number of rotatable bonds is 6. The number of anilines is 2. The Hall–Kier alpha value is -5.71. The monoisotopic (exact) mass is 1030 g/mol. The van der Waals surface area contributed by atoms with Gasteiger partial charge >= 0.3 is 24.5 Å². The number of phenols is 1. The van der Waals surface area contributed by atoms with Gasteiger partial charge in [0.1, 0.15) is 39.1 Å². The molecule has 1 N–H and O–H groups in total. The fourth-order valence-corrected chi connectivity index (χ4v) is 9.93. The molecule has 2 aromatic heterocycles. The molecule has 0 spiro atoms. The molecule has 0 fully saturated rings. The number of benzene rings is 4. The Morgan fingerprint density at radius 3 is 1.47 bits per heavy atom. The van der Waals surface area contributed by atoms with Crippen LogP contribution in [0, 0.1) is 13.8 Å². The Bertz CT molecular complexity index is 2760. The zero-order valence-electron chi connectivity index (χ0n) is 39.3. The molecule has 2 aliphatic rings. The number of aryl methyl sites for hydroxylation is 2. The van der Waals surface area contributed by atoms with Crippen molar-refractivity contribution in [2.75, 3.05) is 22.9 Å². The second kappa shape index (κ2) is 22.2. The lowest BCUT2D eigenvalue weighted by Gasteiger charge is -2.25. The summed E-state index contributed by atoms with van der Waals surface area (Å²) >= 11 is 7.00. The Kier molecular flexibility index (Phi) is 17.5. The van der Waals surface area contributed by atoms with Gasteiger partial charge in [0.15, 0.2) is 0 Å². The lowest BCUT2D eigenvalue weighted by atomic mass is 10.1. The summed E-state index contributed by atoms with van der Waals surface area (Å²) < 4.78 is 96.3. The molecule has 0 bridgehead atoms. The van der Waals surface area contributed by atoms with Crippen LogP contribution in [0.3, 0.4) is 0 Å². The molecule has 0 unspecified atom stereocenters. The first kappa shape index (κ1) is 55.2. The summed E-state index contributed by atoms with van der Waals surface area (Å²) in [5.41, 5.74) is 5.75. The van der Waals surface area contributed by atoms with Crippen molar-refractivity contribution < 1.29 is 55.2 Å². The zero-order chi connectivity index (χ0) is 50.6. The van der Waals surface area contributed by atoms with E-state index in [1.807, 2.05) is 61.5 Å². The maximum atomic E-state index is 13.6. The van der Waals surface area contributed by atoms with Gasteiger partial charge in [0.2, 0.25) is 0 Å². The number of thiophene rings is 2. The molecule has 8 nitrogen and oxygen atoms in total. The summed E-state index contributed by atoms with van der Waals surface area (Å²) in [7, 11) is 0. The van der Waals surface area contributed by atoms with Gasteiger partial charge in [-0.15, -0.1) is 34.3 Å². The van der Waals surface area contributed by atoms with Crippen LogP contribution < -0.4 is 14.5 Å². The molecule has 4 aromatic carbocycles. The molecule has 376 valence electrons. The van der Waals surface area contributed by atoms with Crippen molar-refractivity contribution in [3.63, 3.8) is 0 Å². The van der Waals surface area contributed by atoms with Gasteiger partial charge in [-0.05, 0) is 138 Å². The molecule has 2 amide bonds. The van der Waals surface area contributed by atoms with E-state index < -0.39 is 39.4 Å². The smallest absolute Gasteiger partial charge is 0.426 e. The van der Waals surface area contributed by atoms with Gasteiger partial charge in [-0.3, -0.25) is 9.80 Å². The summed E-state index contributed by atoms with van der Waals surface area (Å²) in [5, 5.41) is 9.55. The SMILES string of the molecule is C.Cc1cc(O)cc2c1N(C(=O)OC(C)(C)C)CC2.Cc1cc(OCc2cc(-c3ccccc3)c(C(F)(F)F)s2)cc2c1N(C(=O)OC(C)(C)C)CC2.FC(F)(F)c1sc(CCl)cc1-c1ccccc1. The molecule has 17 heteroatoms. The minimum absolute atomic E-state index is 0. The van der Waals surface area contributed by atoms with E-state index in [1.54, 1.807) is 94.7 Å². The molecule has 70 heavy (non-hydrogen) atoms. The molecule has 0 atom stereocenters. The quantitative estimate of drug-likeness (QED) is 0.132. The van der Waals surface area contributed by atoms with Crippen LogP contribution in [0.5, 0.6) is 11.5 Å². The highest BCUT2D eigenvalue weighted by molar-refractivity contribution is 7.13. The van der Waals surface area contributed by atoms with Crippen molar-refractivity contribution in [3.8, 4) is 33.8 Å². The van der Waals surface area contributed by atoms with Crippen molar-refractivity contribution in [1.29, 1.82) is 0 Å². The summed E-state index contributed by atoms with van der Waals surface area (Å²) in [6.07, 6.45) is -8.08. The second-order valence-electron chi connectivity index (χ2n) is 18.3. The first-order chi connectivity index (χ1) is 32.2. The Balaban J connectivity index is 0.000000214. The van der Waals surface area contributed by atoms with Crippen LogP contribution >= 0.6 is 34.3 Å². The highest BCUT2D eigenvalue weighted by Crippen LogP contribution is 2.45. The largest absolute Gasteiger partial charge is 0.508 e. The van der Waals surface area contributed by atoms with E-state index in [1.165, 1.54) is 6.07 Å². The Labute approximate surface area is 418 Å². The molecule has 4 heterocycles. The number of aromatic hydroxyl groups is 1. The average Bonchev–Trinajstić information content (AvgIpc) is 4.07. The fraction of sp³-hybridized carbons (Fsp3) is 0.358. The predicted octanol–water partition coefficient (Wildman–Crippen LogP) is 16.4. The van der Waals surface area contributed by atoms with E-state index in [0.717, 1.165) is 40.0 Å². The average molecular weight is 1030 g/mol. The number of fused-ring (bicyclic) bond motifs is 2. The number of hydrogen-bond acceptors (Lipinski definition) is 8. The van der Waals surface area contributed by atoms with Crippen molar-refractivity contribution in [2.24, 2.45) is 0 Å². The van der Waals surface area contributed by atoms with E-state index in [-0.39, 0.29) is 42.9 Å². The van der Waals surface area contributed by atoms with Gasteiger partial charge in [-0.2, -0.15) is 26.3 Å². The number of phenolic OH excluding ortho intramolecular Hbond substituents is 1. The van der Waals surface area contributed by atoms with Crippen LogP contribution in [0.25, 0.3) is 22.3 Å². The summed E-state index contributed by atoms with van der Waals surface area (Å²) in [4.78, 5) is 27.8. The van der Waals surface area contributed by atoms with E-state index in [4.69, 9.17) is 25.8 Å². The molecule has 0 saturated carbocycles. The number of halogens is 7. The highest BCUT2D eigenvalue weighted by Gasteiger charge is 2.38. The van der Waals surface area contributed by atoms with Crippen molar-refractivity contribution in [2.45, 2.75) is 112 Å². The number of amides is 2. The van der Waals surface area contributed by atoms with E-state index in [0.29, 0.717) is 68.8 Å². The number of nitrogens with zero attached hydrogens (tertiary/aromatic N) is 2. The minimum atomic E-state index is -4.44. The first-order valence-electron chi connectivity index (χ1n) is 21.9. The van der Waals surface area contributed by atoms with Crippen LogP contribution in [-0.2, 0) is 47.2 Å². The van der Waals surface area contributed by atoms with Crippen LogP contribution in [-0.4, -0.2) is 41.6 Å². The first-order valence-corrected chi connectivity index (χ1v) is 24.1. The van der Waals surface area contributed by atoms with E-state index in [2.05, 4.69) is 0 Å². The predicted molar refractivity (Wildman–Crippen MR) is 269 cm³/mol. The molecule has 0 radical (unpaired) electrons. The van der Waals surface area contributed by atoms with Crippen molar-refractivity contribution >= 4 is 57.8 Å². The maximum Gasteiger partial charge on any atom is 0.426 e. The van der Waals surface area contributed by atoms with Gasteiger partial charge in [-0.25, -0.2) is 9.59 Å². The van der Waals surface area contributed by atoms with Crippen LogP contribution in [0.4, 0.5) is 47.3 Å². The third-order valence-electron chi connectivity index (χ3n) is 10.5. The van der Waals surface area contributed by atoms with Gasteiger partial charge in [0.05, 0.1) is 17.3 Å². The number of ether oxygens (including phenoxy) is 3. The van der Waals surface area contributed by atoms with Gasteiger partial charge in [0.25, 0.3) is 0 Å². The van der Waals surface area contributed by atoms with E-state index in [9.17, 15) is 41.0 Å². The summed E-state index contributed by atoms with van der Waals surface area (Å²) in [5.74, 6) is 0.906. The molecule has 2 aliphatic heterocycles. The van der Waals surface area contributed by atoms with E-state index >= 15 is 0 Å². The molecular formula is C53H57ClF6N2O6S2. The zero-order valence-corrected chi connectivity index (χ0v) is 41.7. The number of carbonyl (C=O) groups is 2. The summed E-state index contributed by atoms with van der Waals surface area (Å²) in [6.45, 7) is 15.9. The summed E-state index contributed by atoms with van der Waals surface area (Å²) in [6, 6.07) is 27.2. The highest BCUT2D eigenvalue weighted by atomic mass is 35.5. The molecule has 6 aromatic rings. The van der Waals surface area contributed by atoms with Crippen molar-refractivity contribution in [3.05, 3.63) is 139 Å². The number of carbonyl (C=O) groups excluding carboxylic acids is 2. The van der Waals surface area contributed by atoms with Crippen molar-refractivity contribution in [1.82, 2.24) is 0 Å². The van der Waals surface area contributed by atoms with Gasteiger partial charge in [0, 0.05) is 34.0 Å². The standard InChI is InChI=1S/C26H26F3NO3S.C14H19NO3.C12H8ClF3S.CH4/c1-16-12-19(13-18-10-11-30(22(16)18)24(31)33-25(2,3)4)32-15-20-14-21(17-8-6-5-7-9-17)23(34-20)26(27,28)29;1-9-7-11(16)8-10-5-6-15(12(9)10)13(17)18-14(2,3)4;13-7-9-6-10(8-4-2-1-3-5-8)11(17-9)12(14,15)16;/h5-9,12-14H,10-11,15H2,1-4H3;7-8,16H,5-6H2,1-4H3;1-6H,7H2;1H4. The van der Waals surface area contributed by atoms with Crippen LogP contribution in [0.2, 0.25) is 0 Å². The molecule has 8 rings (SSSR count). The fourth-order valence-electron chi connectivity index (χ4n) is 7.83. The maximum absolute atomic E-state index is 13.6. The normalized spacial score (nSPS) is 13.2. The third-order valence-corrected chi connectivity index (χ3v) is 13.2. The van der Waals surface area contributed by atoms with Gasteiger partial charge < -0.3 is 19.3 Å². The van der Waals surface area contributed by atoms with Crippen LogP contribution in [0.15, 0.2) is 97.1 Å². The van der Waals surface area contributed by atoms with Crippen LogP contribution in [0.1, 0.15) is 90.7 Å². The second-order valence-corrected chi connectivity index (χ2v) is 20.9. The minimum Gasteiger partial charge on any atom is -0.508 e. The number of alkyl halides is 7. The molecule has 0 aliphatic carbocycles. The molecular weight excluding hydrogens is 974 g/mol. The lowest BCUT2D eigenvalue weighted by Crippen LogP contribution is -2.36.